The van der Waals surface area contributed by atoms with Crippen LogP contribution in [0.5, 0.6) is 0 Å². The zero-order valence-corrected chi connectivity index (χ0v) is 14.6. The van der Waals surface area contributed by atoms with Crippen LogP contribution in [-0.2, 0) is 19.1 Å². The number of esters is 1. The summed E-state index contributed by atoms with van der Waals surface area (Å²) in [5.74, 6) is 0.638. The van der Waals surface area contributed by atoms with E-state index in [1.165, 1.54) is 64.7 Å². The average molecular weight is 324 g/mol. The summed E-state index contributed by atoms with van der Waals surface area (Å²) in [4.78, 5) is 22.3. The van der Waals surface area contributed by atoms with Gasteiger partial charge in [0.25, 0.3) is 0 Å². The first-order valence-corrected chi connectivity index (χ1v) is 9.21. The van der Waals surface area contributed by atoms with E-state index in [2.05, 4.69) is 4.74 Å². The van der Waals surface area contributed by atoms with E-state index in [-0.39, 0.29) is 11.8 Å². The van der Waals surface area contributed by atoms with Crippen LogP contribution in [0.3, 0.4) is 0 Å². The molecule has 0 radical (unpaired) electrons. The van der Waals surface area contributed by atoms with Crippen LogP contribution in [-0.4, -0.2) is 18.9 Å². The lowest BCUT2D eigenvalue weighted by Gasteiger charge is -2.03. The molecule has 0 bridgehead atoms. The highest BCUT2D eigenvalue weighted by Crippen LogP contribution is 2.18. The van der Waals surface area contributed by atoms with Gasteiger partial charge in [-0.15, -0.1) is 0 Å². The third-order valence-corrected chi connectivity index (χ3v) is 4.27. The van der Waals surface area contributed by atoms with Gasteiger partial charge in [-0.05, 0) is 12.8 Å². The minimum absolute atomic E-state index is 0.0904. The second-order valence-corrected chi connectivity index (χ2v) is 6.34. The van der Waals surface area contributed by atoms with Gasteiger partial charge >= 0.3 is 5.97 Å². The summed E-state index contributed by atoms with van der Waals surface area (Å²) in [5.41, 5.74) is 0. The molecule has 23 heavy (non-hydrogen) atoms. The van der Waals surface area contributed by atoms with E-state index < -0.39 is 0 Å². The van der Waals surface area contributed by atoms with Crippen molar-refractivity contribution in [3.05, 3.63) is 12.0 Å². The molecule has 0 atom stereocenters. The van der Waals surface area contributed by atoms with E-state index in [4.69, 9.17) is 4.74 Å². The van der Waals surface area contributed by atoms with Crippen molar-refractivity contribution in [2.45, 2.75) is 89.9 Å². The predicted octanol–water partition coefficient (Wildman–Crippen LogP) is 5.06. The molecule has 0 fully saturated rings. The number of hydrogen-bond donors (Lipinski definition) is 0. The van der Waals surface area contributed by atoms with E-state index >= 15 is 0 Å². The molecule has 132 valence electrons. The van der Waals surface area contributed by atoms with Crippen LogP contribution in [0.4, 0.5) is 0 Å². The van der Waals surface area contributed by atoms with Gasteiger partial charge in [-0.2, -0.15) is 0 Å². The van der Waals surface area contributed by atoms with Crippen LogP contribution in [0.2, 0.25) is 0 Å². The molecule has 4 heteroatoms. The Morgan fingerprint density at radius 3 is 1.57 bits per heavy atom. The summed E-state index contributed by atoms with van der Waals surface area (Å²) >= 11 is 0. The smallest absolute Gasteiger partial charge is 0.305 e. The number of ether oxygens (including phenoxy) is 2. The molecule has 0 saturated carbocycles. The molecule has 0 unspecified atom stereocenters. The van der Waals surface area contributed by atoms with E-state index in [1.54, 1.807) is 0 Å². The number of unbranched alkanes of at least 4 members (excludes halogenated alkanes) is 11. The third-order valence-electron chi connectivity index (χ3n) is 4.27. The Morgan fingerprint density at radius 2 is 1.17 bits per heavy atom. The highest BCUT2D eigenvalue weighted by atomic mass is 16.5. The Labute approximate surface area is 140 Å². The Bertz CT molecular complexity index is 374. The van der Waals surface area contributed by atoms with Crippen LogP contribution in [0, 0.1) is 0 Å². The Balaban J connectivity index is 1.69. The number of hydrogen-bond acceptors (Lipinski definition) is 4. The number of carbonyl (C=O) groups excluding carboxylic acids is 2. The largest absolute Gasteiger partial charge is 0.469 e. The molecule has 1 aliphatic rings. The van der Waals surface area contributed by atoms with Gasteiger partial charge in [0.05, 0.1) is 7.11 Å². The lowest BCUT2D eigenvalue weighted by atomic mass is 10.0. The fourth-order valence-corrected chi connectivity index (χ4v) is 2.71. The third kappa shape index (κ3) is 11.8. The van der Waals surface area contributed by atoms with Crippen LogP contribution in [0.15, 0.2) is 12.0 Å². The quantitative estimate of drug-likeness (QED) is 0.294. The fraction of sp³-hybridized carbons (Fsp3) is 0.789. The normalized spacial score (nSPS) is 12.5. The van der Waals surface area contributed by atoms with Crippen LogP contribution >= 0.6 is 0 Å². The average Bonchev–Trinajstić information content (AvgIpc) is 3.39. The lowest BCUT2D eigenvalue weighted by molar-refractivity contribution is -0.140. The molecule has 0 aromatic carbocycles. The summed E-state index contributed by atoms with van der Waals surface area (Å²) in [6.45, 7) is 0. The van der Waals surface area contributed by atoms with Crippen molar-refractivity contribution in [3.63, 3.8) is 0 Å². The van der Waals surface area contributed by atoms with Crippen LogP contribution in [0.25, 0.3) is 0 Å². The van der Waals surface area contributed by atoms with Gasteiger partial charge in [0, 0.05) is 12.8 Å². The van der Waals surface area contributed by atoms with Gasteiger partial charge in [0.2, 0.25) is 11.5 Å². The van der Waals surface area contributed by atoms with Gasteiger partial charge in [-0.25, -0.2) is 0 Å². The molecule has 0 aliphatic carbocycles. The number of Topliss-reactive ketones (excluding diaryl/α,β-unsaturated/α-hetero) is 1. The zero-order chi connectivity index (χ0) is 16.8. The van der Waals surface area contributed by atoms with Crippen LogP contribution in [0.1, 0.15) is 89.9 Å². The van der Waals surface area contributed by atoms with Gasteiger partial charge in [-0.3, -0.25) is 9.59 Å². The van der Waals surface area contributed by atoms with E-state index in [0.717, 1.165) is 25.7 Å². The van der Waals surface area contributed by atoms with Crippen LogP contribution < -0.4 is 0 Å². The van der Waals surface area contributed by atoms with Crippen molar-refractivity contribution in [3.8, 4) is 0 Å². The monoisotopic (exact) mass is 324 g/mol. The van der Waals surface area contributed by atoms with E-state index in [0.29, 0.717) is 18.6 Å². The first kappa shape index (κ1) is 19.7. The van der Waals surface area contributed by atoms with Crippen molar-refractivity contribution in [2.24, 2.45) is 0 Å². The van der Waals surface area contributed by atoms with Crippen molar-refractivity contribution in [2.75, 3.05) is 7.11 Å². The second kappa shape index (κ2) is 13.1. The minimum Gasteiger partial charge on any atom is -0.469 e. The molecular weight excluding hydrogens is 292 g/mol. The van der Waals surface area contributed by atoms with Crippen molar-refractivity contribution in [1.82, 2.24) is 0 Å². The van der Waals surface area contributed by atoms with Crippen molar-refractivity contribution < 1.29 is 19.1 Å². The van der Waals surface area contributed by atoms with Gasteiger partial charge in [0.1, 0.15) is 6.26 Å². The maximum Gasteiger partial charge on any atom is 0.305 e. The molecule has 1 aliphatic heterocycles. The summed E-state index contributed by atoms with van der Waals surface area (Å²) in [5, 5.41) is 0. The molecule has 0 N–H and O–H groups in total. The molecule has 0 saturated heterocycles. The Kier molecular flexibility index (Phi) is 11.3. The predicted molar refractivity (Wildman–Crippen MR) is 90.8 cm³/mol. The summed E-state index contributed by atoms with van der Waals surface area (Å²) in [7, 11) is 1.45. The number of rotatable bonds is 16. The first-order chi connectivity index (χ1) is 11.2. The van der Waals surface area contributed by atoms with Gasteiger partial charge in [-0.1, -0.05) is 64.2 Å². The number of allylic oxidation sites excluding steroid dienone is 1. The standard InChI is InChI=1S/C19H32O4/c1-22-19(21)15-13-11-9-7-5-3-2-4-6-8-10-12-14-17(20)18-16-23-18/h16H,2-15H2,1H3. The van der Waals surface area contributed by atoms with E-state index in [1.807, 2.05) is 0 Å². The fourth-order valence-electron chi connectivity index (χ4n) is 2.71. The van der Waals surface area contributed by atoms with E-state index in [9.17, 15) is 9.59 Å². The van der Waals surface area contributed by atoms with Crippen molar-refractivity contribution >= 4 is 11.8 Å². The molecule has 0 aromatic rings. The molecule has 1 rings (SSSR count). The minimum atomic E-state index is -0.0904. The zero-order valence-electron chi connectivity index (χ0n) is 14.6. The highest BCUT2D eigenvalue weighted by Gasteiger charge is 2.18. The number of methoxy groups -OCH3 is 1. The van der Waals surface area contributed by atoms with Gasteiger partial charge < -0.3 is 9.47 Å². The van der Waals surface area contributed by atoms with Crippen molar-refractivity contribution in [1.29, 1.82) is 0 Å². The maximum absolute atomic E-state index is 11.3. The number of carbonyl (C=O) groups is 2. The SMILES string of the molecule is COC(=O)CCCCCCCCCCCCCCC(=O)C1=CO1. The second-order valence-electron chi connectivity index (χ2n) is 6.34. The lowest BCUT2D eigenvalue weighted by Crippen LogP contribution is -1.99. The Hall–Kier alpha value is -1.32. The maximum atomic E-state index is 11.3. The Morgan fingerprint density at radius 1 is 0.783 bits per heavy atom. The molecular formula is C19H32O4. The summed E-state index contributed by atoms with van der Waals surface area (Å²) in [6, 6.07) is 0. The molecule has 0 amide bonds. The summed E-state index contributed by atoms with van der Waals surface area (Å²) in [6.07, 6.45) is 17.3. The molecule has 4 nitrogen and oxygen atoms in total. The first-order valence-electron chi connectivity index (χ1n) is 9.21. The highest BCUT2D eigenvalue weighted by molar-refractivity contribution is 5.95. The molecule has 0 aromatic heterocycles. The summed E-state index contributed by atoms with van der Waals surface area (Å²) < 4.78 is 9.39. The van der Waals surface area contributed by atoms with Gasteiger partial charge in [0.15, 0.2) is 0 Å². The molecule has 0 spiro atoms. The number of ketones is 1. The molecule has 1 heterocycles. The topological polar surface area (TPSA) is 55.9 Å².